The van der Waals surface area contributed by atoms with Crippen LogP contribution in [-0.2, 0) is 6.42 Å². The van der Waals surface area contributed by atoms with Crippen molar-refractivity contribution in [3.63, 3.8) is 0 Å². The van der Waals surface area contributed by atoms with Crippen LogP contribution in [0.4, 0.5) is 0 Å². The van der Waals surface area contributed by atoms with Gasteiger partial charge in [-0.3, -0.25) is 0 Å². The minimum Gasteiger partial charge on any atom is -0.220 e. The second kappa shape index (κ2) is 4.21. The van der Waals surface area contributed by atoms with E-state index < -0.39 is 0 Å². The van der Waals surface area contributed by atoms with Crippen LogP contribution in [0, 0.1) is 5.92 Å². The Morgan fingerprint density at radius 1 is 1.27 bits per heavy atom. The van der Waals surface area contributed by atoms with Crippen LogP contribution in [0.3, 0.4) is 0 Å². The van der Waals surface area contributed by atoms with Crippen LogP contribution in [-0.4, -0.2) is 19.7 Å². The topological polar surface area (TPSA) is 43.6 Å². The molecule has 0 bridgehead atoms. The van der Waals surface area contributed by atoms with Crippen LogP contribution in [0.5, 0.6) is 0 Å². The molecule has 0 fully saturated rings. The minimum atomic E-state index is 0.616. The average Bonchev–Trinajstić information content (AvgIpc) is 2.67. The molecule has 0 radical (unpaired) electrons. The van der Waals surface area contributed by atoms with Crippen molar-refractivity contribution in [1.82, 2.24) is 19.7 Å². The molecule has 15 heavy (non-hydrogen) atoms. The third kappa shape index (κ3) is 2.40. The number of rotatable bonds is 3. The lowest BCUT2D eigenvalue weighted by Gasteiger charge is -2.00. The minimum absolute atomic E-state index is 0.616. The third-order valence-corrected chi connectivity index (χ3v) is 2.02. The molecule has 2 aromatic heterocycles. The highest BCUT2D eigenvalue weighted by molar-refractivity contribution is 5.11. The van der Waals surface area contributed by atoms with Gasteiger partial charge in [-0.25, -0.2) is 14.6 Å². The predicted octanol–water partition coefficient (Wildman–Crippen LogP) is 1.86. The maximum Gasteiger partial charge on any atom is 0.250 e. The molecule has 0 N–H and O–H groups in total. The highest BCUT2D eigenvalue weighted by Gasteiger charge is 2.04. The lowest BCUT2D eigenvalue weighted by atomic mass is 10.1. The highest BCUT2D eigenvalue weighted by atomic mass is 15.3. The van der Waals surface area contributed by atoms with Crippen molar-refractivity contribution in [2.45, 2.75) is 20.3 Å². The zero-order valence-electron chi connectivity index (χ0n) is 8.96. The maximum atomic E-state index is 4.41. The molecule has 0 atom stereocenters. The Morgan fingerprint density at radius 2 is 2.00 bits per heavy atom. The molecule has 2 rings (SSSR count). The first-order valence-electron chi connectivity index (χ1n) is 5.07. The summed E-state index contributed by atoms with van der Waals surface area (Å²) in [5, 5.41) is 4.41. The SMILES string of the molecule is CC(C)Cc1ccn(-c2ncccn2)n1. The summed E-state index contributed by atoms with van der Waals surface area (Å²) in [5.74, 6) is 1.23. The quantitative estimate of drug-likeness (QED) is 0.763. The fraction of sp³-hybridized carbons (Fsp3) is 0.364. The van der Waals surface area contributed by atoms with Gasteiger partial charge in [0.15, 0.2) is 0 Å². The normalized spacial score (nSPS) is 10.9. The molecule has 4 nitrogen and oxygen atoms in total. The molecule has 0 aliphatic rings. The summed E-state index contributed by atoms with van der Waals surface area (Å²) >= 11 is 0. The number of hydrogen-bond acceptors (Lipinski definition) is 3. The van der Waals surface area contributed by atoms with E-state index >= 15 is 0 Å². The summed E-state index contributed by atoms with van der Waals surface area (Å²) in [5.41, 5.74) is 1.08. The summed E-state index contributed by atoms with van der Waals surface area (Å²) in [4.78, 5) is 8.26. The fourth-order valence-electron chi connectivity index (χ4n) is 1.41. The first-order valence-corrected chi connectivity index (χ1v) is 5.07. The van der Waals surface area contributed by atoms with Gasteiger partial charge in [0.1, 0.15) is 0 Å². The smallest absolute Gasteiger partial charge is 0.220 e. The largest absolute Gasteiger partial charge is 0.250 e. The van der Waals surface area contributed by atoms with Crippen LogP contribution in [0.15, 0.2) is 30.7 Å². The molecule has 0 aliphatic heterocycles. The average molecular weight is 202 g/mol. The van der Waals surface area contributed by atoms with Gasteiger partial charge < -0.3 is 0 Å². The molecular weight excluding hydrogens is 188 g/mol. The summed E-state index contributed by atoms with van der Waals surface area (Å²) in [6.45, 7) is 4.36. The summed E-state index contributed by atoms with van der Waals surface area (Å²) in [6.07, 6.45) is 6.31. The maximum absolute atomic E-state index is 4.41. The molecule has 0 saturated carbocycles. The Bertz CT molecular complexity index is 419. The van der Waals surface area contributed by atoms with E-state index in [9.17, 15) is 0 Å². The molecular formula is C11H14N4. The number of aromatic nitrogens is 4. The van der Waals surface area contributed by atoms with Crippen molar-refractivity contribution in [2.24, 2.45) is 5.92 Å². The lowest BCUT2D eigenvalue weighted by molar-refractivity contribution is 0.626. The van der Waals surface area contributed by atoms with Crippen molar-refractivity contribution in [3.8, 4) is 5.95 Å². The van der Waals surface area contributed by atoms with E-state index in [0.717, 1.165) is 12.1 Å². The second-order valence-electron chi connectivity index (χ2n) is 3.90. The molecule has 2 heterocycles. The Labute approximate surface area is 89.0 Å². The molecule has 4 heteroatoms. The van der Waals surface area contributed by atoms with E-state index in [1.54, 1.807) is 23.1 Å². The fourth-order valence-corrected chi connectivity index (χ4v) is 1.41. The van der Waals surface area contributed by atoms with Gasteiger partial charge in [0.25, 0.3) is 0 Å². The van der Waals surface area contributed by atoms with Gasteiger partial charge in [-0.05, 0) is 24.5 Å². The van der Waals surface area contributed by atoms with Gasteiger partial charge in [0.2, 0.25) is 5.95 Å². The van der Waals surface area contributed by atoms with Crippen molar-refractivity contribution < 1.29 is 0 Å². The van der Waals surface area contributed by atoms with E-state index in [4.69, 9.17) is 0 Å². The number of nitrogens with zero attached hydrogens (tertiary/aromatic N) is 4. The first kappa shape index (κ1) is 9.83. The molecule has 0 saturated heterocycles. The van der Waals surface area contributed by atoms with Crippen LogP contribution in [0.2, 0.25) is 0 Å². The zero-order chi connectivity index (χ0) is 10.7. The molecule has 78 valence electrons. The van der Waals surface area contributed by atoms with E-state index in [0.29, 0.717) is 11.9 Å². The Kier molecular flexibility index (Phi) is 2.76. The van der Waals surface area contributed by atoms with Gasteiger partial charge in [0, 0.05) is 18.6 Å². The highest BCUT2D eigenvalue weighted by Crippen LogP contribution is 2.06. The molecule has 0 spiro atoms. The van der Waals surface area contributed by atoms with E-state index in [-0.39, 0.29) is 0 Å². The Morgan fingerprint density at radius 3 is 2.67 bits per heavy atom. The van der Waals surface area contributed by atoms with E-state index in [1.165, 1.54) is 0 Å². The molecule has 2 aromatic rings. The van der Waals surface area contributed by atoms with Crippen molar-refractivity contribution >= 4 is 0 Å². The lowest BCUT2D eigenvalue weighted by Crippen LogP contribution is -2.02. The van der Waals surface area contributed by atoms with Gasteiger partial charge in [-0.2, -0.15) is 5.10 Å². The monoisotopic (exact) mass is 202 g/mol. The first-order chi connectivity index (χ1) is 7.25. The van der Waals surface area contributed by atoms with Crippen molar-refractivity contribution in [1.29, 1.82) is 0 Å². The Hall–Kier alpha value is -1.71. The van der Waals surface area contributed by atoms with Crippen LogP contribution in [0.25, 0.3) is 5.95 Å². The zero-order valence-corrected chi connectivity index (χ0v) is 8.96. The van der Waals surface area contributed by atoms with Gasteiger partial charge in [-0.1, -0.05) is 13.8 Å². The van der Waals surface area contributed by atoms with Gasteiger partial charge >= 0.3 is 0 Å². The van der Waals surface area contributed by atoms with Crippen molar-refractivity contribution in [3.05, 3.63) is 36.4 Å². The van der Waals surface area contributed by atoms with Crippen molar-refractivity contribution in [2.75, 3.05) is 0 Å². The van der Waals surface area contributed by atoms with E-state index in [2.05, 4.69) is 28.9 Å². The standard InChI is InChI=1S/C11H14N4/c1-9(2)8-10-4-7-15(14-10)11-12-5-3-6-13-11/h3-7,9H,8H2,1-2H3. The van der Waals surface area contributed by atoms with Crippen LogP contribution < -0.4 is 0 Å². The molecule has 0 aliphatic carbocycles. The Balaban J connectivity index is 2.21. The van der Waals surface area contributed by atoms with Crippen LogP contribution >= 0.6 is 0 Å². The summed E-state index contributed by atoms with van der Waals surface area (Å²) < 4.78 is 1.71. The molecule has 0 amide bonds. The summed E-state index contributed by atoms with van der Waals surface area (Å²) in [6, 6.07) is 3.80. The predicted molar refractivity (Wildman–Crippen MR) is 57.7 cm³/mol. The van der Waals surface area contributed by atoms with E-state index in [1.807, 2.05) is 12.3 Å². The van der Waals surface area contributed by atoms with Gasteiger partial charge in [0.05, 0.1) is 5.69 Å². The number of hydrogen-bond donors (Lipinski definition) is 0. The van der Waals surface area contributed by atoms with Gasteiger partial charge in [-0.15, -0.1) is 0 Å². The molecule has 0 aromatic carbocycles. The third-order valence-electron chi connectivity index (χ3n) is 2.02. The molecule has 0 unspecified atom stereocenters. The van der Waals surface area contributed by atoms with Crippen LogP contribution in [0.1, 0.15) is 19.5 Å². The summed E-state index contributed by atoms with van der Waals surface area (Å²) in [7, 11) is 0. The second-order valence-corrected chi connectivity index (χ2v) is 3.90.